The highest BCUT2D eigenvalue weighted by Gasteiger charge is 2.43. The molecule has 1 aliphatic rings. The van der Waals surface area contributed by atoms with Gasteiger partial charge in [-0.1, -0.05) is 0 Å². The summed E-state index contributed by atoms with van der Waals surface area (Å²) in [5.41, 5.74) is -1.10. The molecule has 1 amide bonds. The molecule has 0 aliphatic carbocycles. The second-order valence-corrected chi connectivity index (χ2v) is 5.05. The van der Waals surface area contributed by atoms with Gasteiger partial charge in [-0.25, -0.2) is 4.79 Å². The van der Waals surface area contributed by atoms with E-state index in [1.54, 1.807) is 30.2 Å². The zero-order valence-corrected chi connectivity index (χ0v) is 9.94. The number of hydrogen-bond donors (Lipinski definition) is 2. The quantitative estimate of drug-likeness (QED) is 0.788. The lowest BCUT2D eigenvalue weighted by Crippen LogP contribution is -2.55. The Kier molecular flexibility index (Phi) is 3.37. The fourth-order valence-electron chi connectivity index (χ4n) is 1.73. The molecule has 2 heterocycles. The van der Waals surface area contributed by atoms with Crippen molar-refractivity contribution in [1.29, 1.82) is 0 Å². The molecule has 0 saturated carbocycles. The van der Waals surface area contributed by atoms with Crippen LogP contribution in [0.25, 0.3) is 0 Å². The fourth-order valence-corrected chi connectivity index (χ4v) is 3.06. The summed E-state index contributed by atoms with van der Waals surface area (Å²) in [4.78, 5) is 22.9. The van der Waals surface area contributed by atoms with Gasteiger partial charge in [0.15, 0.2) is 0 Å². The predicted molar refractivity (Wildman–Crippen MR) is 62.7 cm³/mol. The van der Waals surface area contributed by atoms with Gasteiger partial charge < -0.3 is 10.4 Å². The standard InChI is InChI=1S/C10H13N3O3S/c14-8(6-13-4-1-3-11-13)12-10(9(15)16)2-5-17-7-10/h1,3-4H,2,5-7H2,(H,12,14)(H,15,16)/t10-/m0/s1. The Balaban J connectivity index is 1.99. The number of carbonyl (C=O) groups excluding carboxylic acids is 1. The van der Waals surface area contributed by atoms with Crippen LogP contribution < -0.4 is 5.32 Å². The largest absolute Gasteiger partial charge is 0.479 e. The summed E-state index contributed by atoms with van der Waals surface area (Å²) in [7, 11) is 0. The number of thioether (sulfide) groups is 1. The molecule has 0 aromatic carbocycles. The van der Waals surface area contributed by atoms with E-state index in [4.69, 9.17) is 0 Å². The van der Waals surface area contributed by atoms with E-state index in [1.807, 2.05) is 0 Å². The van der Waals surface area contributed by atoms with Gasteiger partial charge in [-0.05, 0) is 18.2 Å². The number of aromatic nitrogens is 2. The van der Waals surface area contributed by atoms with Gasteiger partial charge in [0.25, 0.3) is 0 Å². The van der Waals surface area contributed by atoms with Gasteiger partial charge in [0, 0.05) is 18.1 Å². The molecule has 7 heteroatoms. The molecule has 0 unspecified atom stereocenters. The van der Waals surface area contributed by atoms with Crippen LogP contribution in [0.4, 0.5) is 0 Å². The van der Waals surface area contributed by atoms with Crippen molar-refractivity contribution < 1.29 is 14.7 Å². The number of carboxylic acid groups (broad SMARTS) is 1. The molecule has 1 aliphatic heterocycles. The Bertz CT molecular complexity index is 412. The maximum absolute atomic E-state index is 11.7. The second-order valence-electron chi connectivity index (χ2n) is 3.94. The molecule has 92 valence electrons. The predicted octanol–water partition coefficient (Wildman–Crippen LogP) is -0.0404. The molecule has 2 N–H and O–H groups in total. The smallest absolute Gasteiger partial charge is 0.330 e. The van der Waals surface area contributed by atoms with Crippen molar-refractivity contribution in [2.75, 3.05) is 11.5 Å². The number of nitrogens with zero attached hydrogens (tertiary/aromatic N) is 2. The fraction of sp³-hybridized carbons (Fsp3) is 0.500. The van der Waals surface area contributed by atoms with E-state index < -0.39 is 11.5 Å². The van der Waals surface area contributed by atoms with Gasteiger partial charge >= 0.3 is 5.97 Å². The van der Waals surface area contributed by atoms with Crippen LogP contribution in [0.2, 0.25) is 0 Å². The zero-order chi connectivity index (χ0) is 12.3. The van der Waals surface area contributed by atoms with Crippen LogP contribution in [0.15, 0.2) is 18.5 Å². The van der Waals surface area contributed by atoms with Crippen molar-refractivity contribution in [2.45, 2.75) is 18.5 Å². The topological polar surface area (TPSA) is 84.2 Å². The van der Waals surface area contributed by atoms with E-state index in [9.17, 15) is 14.7 Å². The average molecular weight is 255 g/mol. The highest BCUT2D eigenvalue weighted by Crippen LogP contribution is 2.28. The van der Waals surface area contributed by atoms with Crippen LogP contribution in [0.1, 0.15) is 6.42 Å². The number of aliphatic carboxylic acids is 1. The van der Waals surface area contributed by atoms with Gasteiger partial charge in [0.2, 0.25) is 5.91 Å². The zero-order valence-electron chi connectivity index (χ0n) is 9.13. The maximum Gasteiger partial charge on any atom is 0.330 e. The summed E-state index contributed by atoms with van der Waals surface area (Å²) in [6.07, 6.45) is 3.71. The number of carbonyl (C=O) groups is 2. The van der Waals surface area contributed by atoms with Gasteiger partial charge in [-0.2, -0.15) is 16.9 Å². The minimum atomic E-state index is -1.10. The van der Waals surface area contributed by atoms with E-state index >= 15 is 0 Å². The van der Waals surface area contributed by atoms with E-state index in [2.05, 4.69) is 10.4 Å². The van der Waals surface area contributed by atoms with Gasteiger partial charge in [0.05, 0.1) is 0 Å². The Morgan fingerprint density at radius 1 is 1.59 bits per heavy atom. The number of amides is 1. The van der Waals surface area contributed by atoms with Crippen LogP contribution in [0, 0.1) is 0 Å². The maximum atomic E-state index is 11.7. The molecule has 17 heavy (non-hydrogen) atoms. The number of carboxylic acids is 1. The molecule has 1 aromatic heterocycles. The monoisotopic (exact) mass is 255 g/mol. The number of nitrogens with one attached hydrogen (secondary N) is 1. The summed E-state index contributed by atoms with van der Waals surface area (Å²) < 4.78 is 1.47. The van der Waals surface area contributed by atoms with Crippen molar-refractivity contribution in [3.63, 3.8) is 0 Å². The highest BCUT2D eigenvalue weighted by molar-refractivity contribution is 7.99. The van der Waals surface area contributed by atoms with Crippen LogP contribution >= 0.6 is 11.8 Å². The Morgan fingerprint density at radius 3 is 2.94 bits per heavy atom. The van der Waals surface area contributed by atoms with Crippen molar-refractivity contribution in [2.24, 2.45) is 0 Å². The Hall–Kier alpha value is -1.50. The minimum Gasteiger partial charge on any atom is -0.479 e. The molecule has 1 aromatic rings. The first-order chi connectivity index (χ1) is 8.12. The molecule has 1 fully saturated rings. The molecule has 6 nitrogen and oxygen atoms in total. The third-order valence-electron chi connectivity index (χ3n) is 2.67. The molecule has 0 bridgehead atoms. The molecular weight excluding hydrogens is 242 g/mol. The lowest BCUT2D eigenvalue weighted by Gasteiger charge is -2.24. The lowest BCUT2D eigenvalue weighted by atomic mass is 9.99. The van der Waals surface area contributed by atoms with E-state index in [0.717, 1.165) is 5.75 Å². The van der Waals surface area contributed by atoms with Crippen LogP contribution in [0.5, 0.6) is 0 Å². The summed E-state index contributed by atoms with van der Waals surface area (Å²) >= 11 is 1.54. The molecule has 1 saturated heterocycles. The minimum absolute atomic E-state index is 0.0483. The third-order valence-corrected chi connectivity index (χ3v) is 3.86. The first-order valence-corrected chi connectivity index (χ1v) is 6.37. The first-order valence-electron chi connectivity index (χ1n) is 5.22. The number of rotatable bonds is 4. The van der Waals surface area contributed by atoms with Gasteiger partial charge in [-0.15, -0.1) is 0 Å². The molecule has 2 rings (SSSR count). The first kappa shape index (κ1) is 12.0. The van der Waals surface area contributed by atoms with Crippen molar-refractivity contribution in [3.8, 4) is 0 Å². The molecule has 1 atom stereocenters. The van der Waals surface area contributed by atoms with Crippen molar-refractivity contribution in [1.82, 2.24) is 15.1 Å². The highest BCUT2D eigenvalue weighted by atomic mass is 32.2. The Labute approximate surface area is 102 Å². The summed E-state index contributed by atoms with van der Waals surface area (Å²) in [5, 5.41) is 15.7. The SMILES string of the molecule is O=C(Cn1cccn1)N[C@@]1(C(=O)O)CCSC1. The summed E-state index contributed by atoms with van der Waals surface area (Å²) in [5.74, 6) is -0.100. The van der Waals surface area contributed by atoms with E-state index in [1.165, 1.54) is 4.68 Å². The number of hydrogen-bond acceptors (Lipinski definition) is 4. The summed E-state index contributed by atoms with van der Waals surface area (Å²) in [6.45, 7) is 0.0483. The molecular formula is C10H13N3O3S. The normalized spacial score (nSPS) is 23.5. The van der Waals surface area contributed by atoms with Gasteiger partial charge in [-0.3, -0.25) is 9.48 Å². The van der Waals surface area contributed by atoms with Crippen molar-refractivity contribution >= 4 is 23.6 Å². The van der Waals surface area contributed by atoms with E-state index in [-0.39, 0.29) is 12.5 Å². The Morgan fingerprint density at radius 2 is 2.41 bits per heavy atom. The van der Waals surface area contributed by atoms with Crippen LogP contribution in [-0.4, -0.2) is 43.8 Å². The van der Waals surface area contributed by atoms with Crippen LogP contribution in [-0.2, 0) is 16.1 Å². The average Bonchev–Trinajstić information content (AvgIpc) is 2.89. The third kappa shape index (κ3) is 2.60. The molecule has 0 spiro atoms. The second kappa shape index (κ2) is 4.79. The summed E-state index contributed by atoms with van der Waals surface area (Å²) in [6, 6.07) is 1.71. The van der Waals surface area contributed by atoms with Crippen molar-refractivity contribution in [3.05, 3.63) is 18.5 Å². The van der Waals surface area contributed by atoms with Gasteiger partial charge in [0.1, 0.15) is 12.1 Å². The van der Waals surface area contributed by atoms with E-state index in [0.29, 0.717) is 12.2 Å². The lowest BCUT2D eigenvalue weighted by molar-refractivity contribution is -0.146. The molecule has 0 radical (unpaired) electrons. The van der Waals surface area contributed by atoms with Crippen LogP contribution in [0.3, 0.4) is 0 Å².